The van der Waals surface area contributed by atoms with Crippen molar-refractivity contribution < 1.29 is 0 Å². The number of fused-ring (bicyclic) bond motifs is 6. The summed E-state index contributed by atoms with van der Waals surface area (Å²) in [5, 5.41) is 7.63. The minimum absolute atomic E-state index is 1.10. The van der Waals surface area contributed by atoms with Crippen LogP contribution in [-0.4, -0.2) is 4.57 Å². The smallest absolute Gasteiger partial charge is 0.0541 e. The van der Waals surface area contributed by atoms with E-state index in [9.17, 15) is 0 Å². The van der Waals surface area contributed by atoms with Crippen LogP contribution in [0.1, 0.15) is 0 Å². The van der Waals surface area contributed by atoms with Gasteiger partial charge in [0.15, 0.2) is 0 Å². The van der Waals surface area contributed by atoms with Crippen LogP contribution in [0.25, 0.3) is 82.4 Å². The first-order valence-electron chi connectivity index (χ1n) is 19.9. The molecule has 0 spiro atoms. The van der Waals surface area contributed by atoms with Gasteiger partial charge >= 0.3 is 0 Å². The summed E-state index contributed by atoms with van der Waals surface area (Å²) in [7, 11) is 0. The lowest BCUT2D eigenvalue weighted by atomic mass is 9.97. The van der Waals surface area contributed by atoms with Crippen LogP contribution in [0.15, 0.2) is 231 Å². The average Bonchev–Trinajstić information content (AvgIpc) is 3.64. The number of nitrogens with zero attached hydrogens (tertiary/aromatic N) is 2. The molecule has 0 amide bonds. The SMILES string of the molecule is c1ccc(N(c2ccc(-c3cccc(-c4ccccc4-n4c5ccccc5c5ccccc54)c3)cc2)c2ccc(-c3ccc4c(ccc5ccccc54)c3)cc2)cc1. The Morgan fingerprint density at radius 2 is 0.776 bits per heavy atom. The highest BCUT2D eigenvalue weighted by molar-refractivity contribution is 6.10. The Hall–Kier alpha value is -7.68. The van der Waals surface area contributed by atoms with Crippen LogP contribution >= 0.6 is 0 Å². The predicted octanol–water partition coefficient (Wildman–Crippen LogP) is 15.6. The van der Waals surface area contributed by atoms with Crippen molar-refractivity contribution in [1.82, 2.24) is 4.57 Å². The molecule has 0 unspecified atom stereocenters. The van der Waals surface area contributed by atoms with Crippen LogP contribution < -0.4 is 4.90 Å². The Labute approximate surface area is 338 Å². The quantitative estimate of drug-likeness (QED) is 0.148. The van der Waals surface area contributed by atoms with Crippen molar-refractivity contribution in [3.05, 3.63) is 231 Å². The average molecular weight is 739 g/mol. The molecular weight excluding hydrogens is 701 g/mol. The van der Waals surface area contributed by atoms with Gasteiger partial charge in [-0.3, -0.25) is 0 Å². The minimum atomic E-state index is 1.10. The summed E-state index contributed by atoms with van der Waals surface area (Å²) in [5.74, 6) is 0. The second-order valence-corrected chi connectivity index (χ2v) is 15.0. The molecule has 2 heteroatoms. The second-order valence-electron chi connectivity index (χ2n) is 15.0. The van der Waals surface area contributed by atoms with E-state index in [1.807, 2.05) is 0 Å². The molecule has 0 aliphatic rings. The lowest BCUT2D eigenvalue weighted by Crippen LogP contribution is -2.09. The van der Waals surface area contributed by atoms with E-state index in [1.165, 1.54) is 82.4 Å². The predicted molar refractivity (Wildman–Crippen MR) is 247 cm³/mol. The highest BCUT2D eigenvalue weighted by atomic mass is 15.1. The summed E-state index contributed by atoms with van der Waals surface area (Å²) in [6.07, 6.45) is 0. The van der Waals surface area contributed by atoms with E-state index in [0.717, 1.165) is 17.1 Å². The fourth-order valence-corrected chi connectivity index (χ4v) is 8.78. The number of hydrogen-bond acceptors (Lipinski definition) is 1. The highest BCUT2D eigenvalue weighted by Crippen LogP contribution is 2.40. The fourth-order valence-electron chi connectivity index (χ4n) is 8.78. The van der Waals surface area contributed by atoms with E-state index >= 15 is 0 Å². The number of anilines is 3. The van der Waals surface area contributed by atoms with Crippen molar-refractivity contribution >= 4 is 60.4 Å². The van der Waals surface area contributed by atoms with E-state index in [-0.39, 0.29) is 0 Å². The molecular formula is C56H38N2. The van der Waals surface area contributed by atoms with Gasteiger partial charge in [-0.05, 0) is 116 Å². The van der Waals surface area contributed by atoms with Crippen molar-refractivity contribution in [1.29, 1.82) is 0 Å². The number of aromatic nitrogens is 1. The van der Waals surface area contributed by atoms with Gasteiger partial charge in [0.1, 0.15) is 0 Å². The van der Waals surface area contributed by atoms with Gasteiger partial charge in [0.25, 0.3) is 0 Å². The molecule has 1 heterocycles. The van der Waals surface area contributed by atoms with Crippen LogP contribution in [0.3, 0.4) is 0 Å². The Morgan fingerprint density at radius 3 is 1.48 bits per heavy atom. The monoisotopic (exact) mass is 738 g/mol. The Kier molecular flexibility index (Phi) is 8.19. The normalized spacial score (nSPS) is 11.4. The zero-order valence-corrected chi connectivity index (χ0v) is 31.8. The number of benzene rings is 10. The van der Waals surface area contributed by atoms with Gasteiger partial charge in [-0.1, -0.05) is 164 Å². The molecule has 0 N–H and O–H groups in total. The molecule has 272 valence electrons. The molecule has 11 aromatic rings. The van der Waals surface area contributed by atoms with Gasteiger partial charge in [0.2, 0.25) is 0 Å². The summed E-state index contributed by atoms with van der Waals surface area (Å²) in [6, 6.07) is 83.6. The third-order valence-corrected chi connectivity index (χ3v) is 11.6. The molecule has 0 bridgehead atoms. The zero-order chi connectivity index (χ0) is 38.4. The zero-order valence-electron chi connectivity index (χ0n) is 31.8. The summed E-state index contributed by atoms with van der Waals surface area (Å²) < 4.78 is 2.41. The molecule has 2 nitrogen and oxygen atoms in total. The molecule has 1 aromatic heterocycles. The molecule has 58 heavy (non-hydrogen) atoms. The van der Waals surface area contributed by atoms with Gasteiger partial charge < -0.3 is 9.47 Å². The topological polar surface area (TPSA) is 8.17 Å². The maximum Gasteiger partial charge on any atom is 0.0541 e. The van der Waals surface area contributed by atoms with Gasteiger partial charge in [-0.15, -0.1) is 0 Å². The van der Waals surface area contributed by atoms with E-state index in [4.69, 9.17) is 0 Å². The fraction of sp³-hybridized carbons (Fsp3) is 0. The number of para-hydroxylation sites is 4. The lowest BCUT2D eigenvalue weighted by Gasteiger charge is -2.26. The summed E-state index contributed by atoms with van der Waals surface area (Å²) in [6.45, 7) is 0. The Bertz CT molecular complexity index is 3210. The lowest BCUT2D eigenvalue weighted by molar-refractivity contribution is 1.18. The minimum Gasteiger partial charge on any atom is -0.311 e. The molecule has 0 aliphatic carbocycles. The van der Waals surface area contributed by atoms with E-state index < -0.39 is 0 Å². The maximum absolute atomic E-state index is 2.41. The molecule has 0 saturated heterocycles. The third-order valence-electron chi connectivity index (χ3n) is 11.6. The van der Waals surface area contributed by atoms with Crippen molar-refractivity contribution in [3.63, 3.8) is 0 Å². The molecule has 0 radical (unpaired) electrons. The standard InChI is InChI=1S/C56H38N2/c1-2-16-46(17-3-1)57(48-34-29-40(30-35-48)43-31-36-50-45(38-43)26-25-41-13-4-5-18-49(41)50)47-32-27-39(28-33-47)42-14-12-15-44(37-42)51-19-6-9-22-54(51)58-55-23-10-7-20-52(55)53-21-8-11-24-56(53)58/h1-38H. The van der Waals surface area contributed by atoms with E-state index in [1.54, 1.807) is 0 Å². The van der Waals surface area contributed by atoms with Crippen LogP contribution in [-0.2, 0) is 0 Å². The van der Waals surface area contributed by atoms with Crippen LogP contribution in [0, 0.1) is 0 Å². The molecule has 11 rings (SSSR count). The third kappa shape index (κ3) is 5.82. The van der Waals surface area contributed by atoms with E-state index in [0.29, 0.717) is 0 Å². The Balaban J connectivity index is 0.925. The van der Waals surface area contributed by atoms with Crippen LogP contribution in [0.5, 0.6) is 0 Å². The van der Waals surface area contributed by atoms with Gasteiger partial charge in [-0.25, -0.2) is 0 Å². The van der Waals surface area contributed by atoms with Gasteiger partial charge in [0, 0.05) is 33.4 Å². The van der Waals surface area contributed by atoms with Crippen molar-refractivity contribution in [2.45, 2.75) is 0 Å². The van der Waals surface area contributed by atoms with Crippen LogP contribution in [0.2, 0.25) is 0 Å². The van der Waals surface area contributed by atoms with Gasteiger partial charge in [0.05, 0.1) is 16.7 Å². The van der Waals surface area contributed by atoms with Gasteiger partial charge in [-0.2, -0.15) is 0 Å². The first-order valence-corrected chi connectivity index (χ1v) is 19.9. The first kappa shape index (κ1) is 33.6. The van der Waals surface area contributed by atoms with Crippen LogP contribution in [0.4, 0.5) is 17.1 Å². The Morgan fingerprint density at radius 1 is 0.276 bits per heavy atom. The molecule has 0 atom stereocenters. The largest absolute Gasteiger partial charge is 0.311 e. The molecule has 0 aliphatic heterocycles. The second kappa shape index (κ2) is 14.1. The molecule has 10 aromatic carbocycles. The summed E-state index contributed by atoms with van der Waals surface area (Å²) >= 11 is 0. The maximum atomic E-state index is 2.41. The first-order chi connectivity index (χ1) is 28.8. The summed E-state index contributed by atoms with van der Waals surface area (Å²) in [5.41, 5.74) is 14.1. The molecule has 0 saturated carbocycles. The summed E-state index contributed by atoms with van der Waals surface area (Å²) in [4.78, 5) is 2.33. The number of hydrogen-bond donors (Lipinski definition) is 0. The van der Waals surface area contributed by atoms with Crippen molar-refractivity contribution in [2.24, 2.45) is 0 Å². The van der Waals surface area contributed by atoms with E-state index in [2.05, 4.69) is 240 Å². The van der Waals surface area contributed by atoms with Crippen molar-refractivity contribution in [3.8, 4) is 39.1 Å². The van der Waals surface area contributed by atoms with Crippen molar-refractivity contribution in [2.75, 3.05) is 4.90 Å². The highest BCUT2D eigenvalue weighted by Gasteiger charge is 2.17. The molecule has 0 fully saturated rings. The number of rotatable bonds is 7.